The molecule has 0 radical (unpaired) electrons. The van der Waals surface area contributed by atoms with Gasteiger partial charge in [0.25, 0.3) is 0 Å². The lowest BCUT2D eigenvalue weighted by atomic mass is 9.88. The molecule has 1 aliphatic carbocycles. The molecule has 0 aromatic heterocycles. The van der Waals surface area contributed by atoms with Crippen molar-refractivity contribution in [3.05, 3.63) is 0 Å². The maximum atomic E-state index is 12.7. The minimum atomic E-state index is 0.284. The lowest BCUT2D eigenvalue weighted by molar-refractivity contribution is -0.140. The van der Waals surface area contributed by atoms with Crippen LogP contribution in [0.1, 0.15) is 58.3 Å². The molecule has 0 aromatic rings. The normalized spacial score (nSPS) is 31.1. The molecule has 3 heteroatoms. The molecule has 2 rings (SSSR count). The van der Waals surface area contributed by atoms with Gasteiger partial charge in [0.1, 0.15) is 0 Å². The van der Waals surface area contributed by atoms with Crippen molar-refractivity contribution in [3.63, 3.8) is 0 Å². The van der Waals surface area contributed by atoms with Gasteiger partial charge in [-0.25, -0.2) is 0 Å². The predicted octanol–water partition coefficient (Wildman–Crippen LogP) is 2.54. The minimum absolute atomic E-state index is 0.284. The van der Waals surface area contributed by atoms with Crippen molar-refractivity contribution in [2.24, 2.45) is 17.6 Å². The minimum Gasteiger partial charge on any atom is -0.338 e. The van der Waals surface area contributed by atoms with Crippen molar-refractivity contribution in [2.45, 2.75) is 64.3 Å². The van der Waals surface area contributed by atoms with Crippen LogP contribution in [0.4, 0.5) is 0 Å². The summed E-state index contributed by atoms with van der Waals surface area (Å²) in [5.74, 6) is 1.25. The SMILES string of the molecule is C[C@H]1CCCN(C(=O)C2CCCCCC2)[C@@H]1CN. The highest BCUT2D eigenvalue weighted by atomic mass is 16.2. The monoisotopic (exact) mass is 252 g/mol. The zero-order valence-electron chi connectivity index (χ0n) is 11.7. The van der Waals surface area contributed by atoms with Gasteiger partial charge in [-0.1, -0.05) is 32.6 Å². The average Bonchev–Trinajstić information content (AvgIpc) is 2.66. The molecule has 1 amide bonds. The van der Waals surface area contributed by atoms with Gasteiger partial charge in [0.05, 0.1) is 0 Å². The van der Waals surface area contributed by atoms with E-state index in [1.807, 2.05) is 0 Å². The van der Waals surface area contributed by atoms with E-state index in [0.29, 0.717) is 18.4 Å². The average molecular weight is 252 g/mol. The van der Waals surface area contributed by atoms with E-state index < -0.39 is 0 Å². The van der Waals surface area contributed by atoms with Crippen LogP contribution in [0.25, 0.3) is 0 Å². The van der Waals surface area contributed by atoms with Crippen LogP contribution in [-0.4, -0.2) is 29.9 Å². The number of nitrogens with zero attached hydrogens (tertiary/aromatic N) is 1. The second kappa shape index (κ2) is 6.55. The second-order valence-corrected chi connectivity index (χ2v) is 6.14. The van der Waals surface area contributed by atoms with Crippen molar-refractivity contribution >= 4 is 5.91 Å². The van der Waals surface area contributed by atoms with Gasteiger partial charge < -0.3 is 10.6 Å². The van der Waals surface area contributed by atoms with Gasteiger partial charge in [0, 0.05) is 25.0 Å². The number of rotatable bonds is 2. The summed E-state index contributed by atoms with van der Waals surface area (Å²) in [6.07, 6.45) is 9.63. The fourth-order valence-electron chi connectivity index (χ4n) is 3.64. The Labute approximate surface area is 111 Å². The van der Waals surface area contributed by atoms with Crippen LogP contribution in [0.15, 0.2) is 0 Å². The van der Waals surface area contributed by atoms with Gasteiger partial charge >= 0.3 is 0 Å². The molecule has 2 aliphatic rings. The van der Waals surface area contributed by atoms with Crippen molar-refractivity contribution < 1.29 is 4.79 Å². The summed E-state index contributed by atoms with van der Waals surface area (Å²) in [6, 6.07) is 0.287. The molecule has 2 fully saturated rings. The fraction of sp³-hybridized carbons (Fsp3) is 0.933. The third kappa shape index (κ3) is 3.05. The Morgan fingerprint density at radius 1 is 1.11 bits per heavy atom. The number of carbonyl (C=O) groups is 1. The second-order valence-electron chi connectivity index (χ2n) is 6.14. The number of likely N-dealkylation sites (tertiary alicyclic amines) is 1. The first kappa shape index (κ1) is 13.9. The molecule has 18 heavy (non-hydrogen) atoms. The maximum absolute atomic E-state index is 12.7. The molecule has 1 aliphatic heterocycles. The van der Waals surface area contributed by atoms with Crippen molar-refractivity contribution in [3.8, 4) is 0 Å². The van der Waals surface area contributed by atoms with E-state index in [4.69, 9.17) is 5.73 Å². The van der Waals surface area contributed by atoms with E-state index in [0.717, 1.165) is 25.8 Å². The largest absolute Gasteiger partial charge is 0.338 e. The Balaban J connectivity index is 2.01. The van der Waals surface area contributed by atoms with Crippen LogP contribution in [0.3, 0.4) is 0 Å². The van der Waals surface area contributed by atoms with Gasteiger partial charge in [0.2, 0.25) is 5.91 Å². The van der Waals surface area contributed by atoms with Crippen LogP contribution in [-0.2, 0) is 4.79 Å². The van der Waals surface area contributed by atoms with Crippen molar-refractivity contribution in [1.82, 2.24) is 4.90 Å². The number of amides is 1. The predicted molar refractivity (Wildman–Crippen MR) is 74.1 cm³/mol. The zero-order valence-corrected chi connectivity index (χ0v) is 11.7. The molecule has 2 atom stereocenters. The van der Waals surface area contributed by atoms with E-state index in [1.165, 1.54) is 32.1 Å². The standard InChI is InChI=1S/C15H28N2O/c1-12-7-6-10-17(14(12)11-16)15(18)13-8-4-2-3-5-9-13/h12-14H,2-11,16H2,1H3/t12-,14+/m0/s1. The molecular formula is C15H28N2O. The van der Waals surface area contributed by atoms with Gasteiger partial charge in [0.15, 0.2) is 0 Å². The van der Waals surface area contributed by atoms with Crippen LogP contribution >= 0.6 is 0 Å². The van der Waals surface area contributed by atoms with Gasteiger partial charge in [-0.2, -0.15) is 0 Å². The van der Waals surface area contributed by atoms with Crippen LogP contribution in [0.2, 0.25) is 0 Å². The molecule has 1 saturated heterocycles. The first-order valence-electron chi connectivity index (χ1n) is 7.74. The summed E-state index contributed by atoms with van der Waals surface area (Å²) in [5, 5.41) is 0. The lowest BCUT2D eigenvalue weighted by Crippen LogP contribution is -2.53. The van der Waals surface area contributed by atoms with E-state index >= 15 is 0 Å². The Morgan fingerprint density at radius 2 is 1.78 bits per heavy atom. The first-order chi connectivity index (χ1) is 8.74. The maximum Gasteiger partial charge on any atom is 0.225 e. The number of nitrogens with two attached hydrogens (primary N) is 1. The van der Waals surface area contributed by atoms with Crippen LogP contribution < -0.4 is 5.73 Å². The summed E-state index contributed by atoms with van der Waals surface area (Å²) in [6.45, 7) is 3.80. The third-order valence-corrected chi connectivity index (χ3v) is 4.84. The molecule has 1 saturated carbocycles. The zero-order chi connectivity index (χ0) is 13.0. The quantitative estimate of drug-likeness (QED) is 0.768. The first-order valence-corrected chi connectivity index (χ1v) is 7.74. The summed E-state index contributed by atoms with van der Waals surface area (Å²) in [5.41, 5.74) is 5.89. The summed E-state index contributed by atoms with van der Waals surface area (Å²) < 4.78 is 0. The highest BCUT2D eigenvalue weighted by Gasteiger charge is 2.34. The van der Waals surface area contributed by atoms with E-state index in [9.17, 15) is 4.79 Å². The highest BCUT2D eigenvalue weighted by Crippen LogP contribution is 2.29. The van der Waals surface area contributed by atoms with Gasteiger partial charge in [-0.05, 0) is 31.6 Å². The summed E-state index contributed by atoms with van der Waals surface area (Å²) in [4.78, 5) is 14.8. The molecular weight excluding hydrogens is 224 g/mol. The molecule has 0 spiro atoms. The Hall–Kier alpha value is -0.570. The fourth-order valence-corrected chi connectivity index (χ4v) is 3.64. The Bertz CT molecular complexity index is 272. The van der Waals surface area contributed by atoms with E-state index in [-0.39, 0.29) is 12.0 Å². The molecule has 0 unspecified atom stereocenters. The summed E-state index contributed by atoms with van der Waals surface area (Å²) >= 11 is 0. The molecule has 0 bridgehead atoms. The molecule has 0 aromatic carbocycles. The van der Waals surface area contributed by atoms with Gasteiger partial charge in [-0.15, -0.1) is 0 Å². The van der Waals surface area contributed by atoms with Crippen LogP contribution in [0.5, 0.6) is 0 Å². The third-order valence-electron chi connectivity index (χ3n) is 4.84. The highest BCUT2D eigenvalue weighted by molar-refractivity contribution is 5.79. The van der Waals surface area contributed by atoms with Gasteiger partial charge in [-0.3, -0.25) is 4.79 Å². The topological polar surface area (TPSA) is 46.3 Å². The molecule has 3 nitrogen and oxygen atoms in total. The number of carbonyl (C=O) groups excluding carboxylic acids is 1. The van der Waals surface area contributed by atoms with Crippen molar-refractivity contribution in [2.75, 3.05) is 13.1 Å². The van der Waals surface area contributed by atoms with E-state index in [2.05, 4.69) is 11.8 Å². The smallest absolute Gasteiger partial charge is 0.225 e. The van der Waals surface area contributed by atoms with Crippen LogP contribution in [0, 0.1) is 11.8 Å². The molecule has 1 heterocycles. The lowest BCUT2D eigenvalue weighted by Gasteiger charge is -2.41. The summed E-state index contributed by atoms with van der Waals surface area (Å²) in [7, 11) is 0. The number of piperidine rings is 1. The van der Waals surface area contributed by atoms with Crippen molar-refractivity contribution in [1.29, 1.82) is 0 Å². The Morgan fingerprint density at radius 3 is 2.39 bits per heavy atom. The number of hydrogen-bond acceptors (Lipinski definition) is 2. The number of hydrogen-bond donors (Lipinski definition) is 1. The molecule has 104 valence electrons. The molecule has 2 N–H and O–H groups in total. The van der Waals surface area contributed by atoms with E-state index in [1.54, 1.807) is 0 Å². The Kier molecular flexibility index (Phi) is 5.04.